The Hall–Kier alpha value is -1.62. The average Bonchev–Trinajstić information content (AvgIpc) is 3.06. The largest absolute Gasteiger partial charge is 0.344 e. The molecule has 20 heavy (non-hydrogen) atoms. The normalized spacial score (nSPS) is 18.2. The molecule has 0 fully saturated rings. The molecule has 5 heteroatoms. The van der Waals surface area contributed by atoms with E-state index in [1.807, 2.05) is 6.92 Å². The molecule has 1 N–H and O–H groups in total. The fraction of sp³-hybridized carbons (Fsp3) is 0.600. The molecule has 108 valence electrons. The minimum Gasteiger partial charge on any atom is -0.344 e. The highest BCUT2D eigenvalue weighted by Gasteiger charge is 2.21. The Morgan fingerprint density at radius 3 is 3.05 bits per heavy atom. The Labute approximate surface area is 119 Å². The lowest BCUT2D eigenvalue weighted by Crippen LogP contribution is -2.23. The Morgan fingerprint density at radius 1 is 1.40 bits per heavy atom. The first-order valence-corrected chi connectivity index (χ1v) is 7.53. The fourth-order valence-electron chi connectivity index (χ4n) is 2.95. The van der Waals surface area contributed by atoms with Crippen LogP contribution in [0.2, 0.25) is 0 Å². The number of rotatable bonds is 5. The van der Waals surface area contributed by atoms with E-state index in [1.165, 1.54) is 30.4 Å². The monoisotopic (exact) mass is 274 g/mol. The van der Waals surface area contributed by atoms with Crippen molar-refractivity contribution in [3.63, 3.8) is 0 Å². The van der Waals surface area contributed by atoms with E-state index in [2.05, 4.69) is 39.3 Å². The molecule has 0 saturated carbocycles. The summed E-state index contributed by atoms with van der Waals surface area (Å²) < 4.78 is 7.44. The quantitative estimate of drug-likeness (QED) is 0.910. The van der Waals surface area contributed by atoms with Gasteiger partial charge in [-0.2, -0.15) is 4.98 Å². The van der Waals surface area contributed by atoms with Crippen LogP contribution in [0.4, 0.5) is 0 Å². The maximum absolute atomic E-state index is 5.27. The van der Waals surface area contributed by atoms with E-state index in [-0.39, 0.29) is 0 Å². The summed E-state index contributed by atoms with van der Waals surface area (Å²) in [5.74, 6) is 1.47. The van der Waals surface area contributed by atoms with Crippen LogP contribution in [0.15, 0.2) is 16.9 Å². The lowest BCUT2D eigenvalue weighted by molar-refractivity contribution is 0.366. The molecule has 0 amide bonds. The molecule has 0 saturated heterocycles. The highest BCUT2D eigenvalue weighted by molar-refractivity contribution is 5.30. The molecule has 1 aliphatic carbocycles. The van der Waals surface area contributed by atoms with E-state index in [0.29, 0.717) is 18.5 Å². The summed E-state index contributed by atoms with van der Waals surface area (Å²) in [5.41, 5.74) is 2.89. The molecule has 3 rings (SSSR count). The fourth-order valence-corrected chi connectivity index (χ4v) is 2.95. The minimum absolute atomic E-state index is 0.499. The van der Waals surface area contributed by atoms with Gasteiger partial charge in [0.25, 0.3) is 0 Å². The van der Waals surface area contributed by atoms with Crippen LogP contribution in [0.5, 0.6) is 0 Å². The number of hydrogen-bond donors (Lipinski definition) is 1. The van der Waals surface area contributed by atoms with Crippen LogP contribution in [0, 0.1) is 0 Å². The zero-order chi connectivity index (χ0) is 13.9. The van der Waals surface area contributed by atoms with Gasteiger partial charge < -0.3 is 14.4 Å². The van der Waals surface area contributed by atoms with Gasteiger partial charge in [0.1, 0.15) is 6.54 Å². The van der Waals surface area contributed by atoms with Gasteiger partial charge >= 0.3 is 0 Å². The third-order valence-electron chi connectivity index (χ3n) is 3.91. The van der Waals surface area contributed by atoms with Crippen molar-refractivity contribution < 1.29 is 4.52 Å². The first-order chi connectivity index (χ1) is 9.80. The Morgan fingerprint density at radius 2 is 2.30 bits per heavy atom. The van der Waals surface area contributed by atoms with Crippen LogP contribution in [0.1, 0.15) is 55.6 Å². The molecule has 0 radical (unpaired) electrons. The number of nitrogens with one attached hydrogen (secondary N) is 1. The zero-order valence-electron chi connectivity index (χ0n) is 12.2. The van der Waals surface area contributed by atoms with Gasteiger partial charge in [0.2, 0.25) is 5.89 Å². The third kappa shape index (κ3) is 2.63. The van der Waals surface area contributed by atoms with Crippen LogP contribution >= 0.6 is 0 Å². The molecule has 1 aliphatic rings. The summed E-state index contributed by atoms with van der Waals surface area (Å²) in [5, 5.41) is 7.51. The molecule has 0 aromatic carbocycles. The zero-order valence-corrected chi connectivity index (χ0v) is 12.2. The molecule has 1 atom stereocenters. The average molecular weight is 274 g/mol. The molecule has 5 nitrogen and oxygen atoms in total. The number of fused-ring (bicyclic) bond motifs is 1. The van der Waals surface area contributed by atoms with Crippen LogP contribution < -0.4 is 5.32 Å². The Bertz CT molecular complexity index is 572. The van der Waals surface area contributed by atoms with Crippen molar-refractivity contribution in [2.75, 3.05) is 6.54 Å². The van der Waals surface area contributed by atoms with Crippen LogP contribution in [-0.4, -0.2) is 21.3 Å². The third-order valence-corrected chi connectivity index (χ3v) is 3.91. The molecular formula is C15H22N4O. The van der Waals surface area contributed by atoms with E-state index < -0.39 is 0 Å². The smallest absolute Gasteiger partial charge is 0.246 e. The van der Waals surface area contributed by atoms with Gasteiger partial charge in [-0.15, -0.1) is 0 Å². The predicted molar refractivity (Wildman–Crippen MR) is 76.6 cm³/mol. The number of nitrogens with zero attached hydrogens (tertiary/aromatic N) is 3. The first-order valence-electron chi connectivity index (χ1n) is 7.53. The Balaban J connectivity index is 1.78. The first kappa shape index (κ1) is 13.4. The van der Waals surface area contributed by atoms with Crippen molar-refractivity contribution in [3.05, 3.63) is 35.2 Å². The lowest BCUT2D eigenvalue weighted by atomic mass is 9.91. The van der Waals surface area contributed by atoms with Crippen molar-refractivity contribution in [2.24, 2.45) is 0 Å². The van der Waals surface area contributed by atoms with E-state index >= 15 is 0 Å². The van der Waals surface area contributed by atoms with Crippen molar-refractivity contribution >= 4 is 0 Å². The summed E-state index contributed by atoms with van der Waals surface area (Å²) in [6, 6.07) is 0.499. The van der Waals surface area contributed by atoms with Crippen LogP contribution in [0.25, 0.3) is 0 Å². The van der Waals surface area contributed by atoms with Crippen LogP contribution in [0.3, 0.4) is 0 Å². The maximum atomic E-state index is 5.27. The molecule has 2 aromatic rings. The second kappa shape index (κ2) is 5.79. The topological polar surface area (TPSA) is 55.9 Å². The van der Waals surface area contributed by atoms with Gasteiger partial charge in [-0.05, 0) is 36.9 Å². The minimum atomic E-state index is 0.499. The molecule has 0 bridgehead atoms. The number of hydrogen-bond acceptors (Lipinski definition) is 4. The van der Waals surface area contributed by atoms with E-state index in [1.54, 1.807) is 0 Å². The van der Waals surface area contributed by atoms with Crippen LogP contribution in [-0.2, 0) is 19.4 Å². The number of aryl methyl sites for hydroxylation is 2. The maximum Gasteiger partial charge on any atom is 0.246 e. The van der Waals surface area contributed by atoms with Gasteiger partial charge in [0, 0.05) is 24.9 Å². The highest BCUT2D eigenvalue weighted by atomic mass is 16.5. The summed E-state index contributed by atoms with van der Waals surface area (Å²) in [7, 11) is 0. The summed E-state index contributed by atoms with van der Waals surface area (Å²) in [4.78, 5) is 4.37. The van der Waals surface area contributed by atoms with E-state index in [4.69, 9.17) is 4.52 Å². The van der Waals surface area contributed by atoms with E-state index in [0.717, 1.165) is 18.8 Å². The van der Waals surface area contributed by atoms with Gasteiger partial charge in [0.05, 0.1) is 0 Å². The molecular weight excluding hydrogens is 252 g/mol. The van der Waals surface area contributed by atoms with Gasteiger partial charge in [-0.25, -0.2) is 0 Å². The summed E-state index contributed by atoms with van der Waals surface area (Å²) >= 11 is 0. The van der Waals surface area contributed by atoms with Gasteiger partial charge in [-0.1, -0.05) is 19.0 Å². The van der Waals surface area contributed by atoms with Gasteiger partial charge in [0.15, 0.2) is 5.82 Å². The lowest BCUT2D eigenvalue weighted by Gasteiger charge is -2.22. The van der Waals surface area contributed by atoms with Crippen molar-refractivity contribution in [2.45, 2.75) is 52.1 Å². The standard InChI is InChI=1S/C15H22N4O/c1-3-14-17-15(20-18-14)10-19-8-11-6-5-7-13(16-4-2)12(11)9-19/h8-9,13,16H,3-7,10H2,1-2H3. The van der Waals surface area contributed by atoms with Crippen molar-refractivity contribution in [3.8, 4) is 0 Å². The van der Waals surface area contributed by atoms with E-state index in [9.17, 15) is 0 Å². The molecule has 0 aliphatic heterocycles. The predicted octanol–water partition coefficient (Wildman–Crippen LogP) is 2.47. The Kier molecular flexibility index (Phi) is 3.87. The second-order valence-electron chi connectivity index (χ2n) is 5.37. The second-order valence-corrected chi connectivity index (χ2v) is 5.37. The highest BCUT2D eigenvalue weighted by Crippen LogP contribution is 2.30. The summed E-state index contributed by atoms with van der Waals surface area (Å²) in [6.45, 7) is 5.87. The van der Waals surface area contributed by atoms with Gasteiger partial charge in [-0.3, -0.25) is 0 Å². The number of aromatic nitrogens is 3. The SMILES string of the molecule is CCNC1CCCc2cn(Cc3nc(CC)no3)cc21. The summed E-state index contributed by atoms with van der Waals surface area (Å²) in [6.07, 6.45) is 8.94. The molecule has 2 aromatic heterocycles. The molecule has 1 unspecified atom stereocenters. The molecule has 2 heterocycles. The van der Waals surface area contributed by atoms with Crippen molar-refractivity contribution in [1.82, 2.24) is 20.0 Å². The molecule has 0 spiro atoms. The van der Waals surface area contributed by atoms with Crippen molar-refractivity contribution in [1.29, 1.82) is 0 Å².